The summed E-state index contributed by atoms with van der Waals surface area (Å²) in [5.74, 6) is 1.52. The highest BCUT2D eigenvalue weighted by Crippen LogP contribution is 2.28. The summed E-state index contributed by atoms with van der Waals surface area (Å²) in [6, 6.07) is 13.4. The van der Waals surface area contributed by atoms with E-state index in [0.29, 0.717) is 29.6 Å². The highest BCUT2D eigenvalue weighted by Gasteiger charge is 2.06. The Morgan fingerprint density at radius 1 is 1.21 bits per heavy atom. The monoisotopic (exact) mass is 443 g/mol. The second-order valence-electron chi connectivity index (χ2n) is 5.77. The van der Waals surface area contributed by atoms with Crippen LogP contribution in [0.5, 0.6) is 11.5 Å². The fraction of sp³-hybridized carbons (Fsp3) is 0.158. The average Bonchev–Trinajstić information content (AvgIpc) is 2.70. The van der Waals surface area contributed by atoms with E-state index < -0.39 is 5.69 Å². The molecular weight excluding hydrogens is 426 g/mol. The molecule has 2 aromatic carbocycles. The van der Waals surface area contributed by atoms with E-state index in [1.54, 1.807) is 26.3 Å². The number of hydrogen-bond acceptors (Lipinski definition) is 7. The minimum absolute atomic E-state index is 0.293. The first-order valence-corrected chi connectivity index (χ1v) is 9.12. The normalized spacial score (nSPS) is 10.8. The van der Waals surface area contributed by atoms with E-state index in [1.165, 1.54) is 0 Å². The number of nitrogens with zero attached hydrogens (tertiary/aromatic N) is 3. The second kappa shape index (κ2) is 9.14. The largest absolute Gasteiger partial charge is 0.493 e. The smallest absolute Gasteiger partial charge is 0.363 e. The van der Waals surface area contributed by atoms with Crippen LogP contribution < -0.4 is 20.6 Å². The molecule has 0 fully saturated rings. The van der Waals surface area contributed by atoms with Crippen molar-refractivity contribution >= 4 is 28.0 Å². The van der Waals surface area contributed by atoms with Crippen LogP contribution in [0.15, 0.2) is 56.8 Å². The molecule has 1 heterocycles. The number of ether oxygens (including phenoxy) is 2. The Bertz CT molecular complexity index is 1030. The quantitative estimate of drug-likeness (QED) is 0.429. The molecule has 0 bridgehead atoms. The number of halogens is 1. The highest BCUT2D eigenvalue weighted by molar-refractivity contribution is 9.10. The van der Waals surface area contributed by atoms with Crippen LogP contribution in [0, 0.1) is 6.92 Å². The number of nitrogens with one attached hydrogen (secondary N) is 2. The number of rotatable bonds is 7. The summed E-state index contributed by atoms with van der Waals surface area (Å²) >= 11 is 3.41. The first kappa shape index (κ1) is 19.6. The number of aryl methyl sites for hydroxylation is 1. The number of methoxy groups -OCH3 is 1. The van der Waals surface area contributed by atoms with Gasteiger partial charge in [0.2, 0.25) is 0 Å². The van der Waals surface area contributed by atoms with Crippen molar-refractivity contribution in [3.05, 3.63) is 74.2 Å². The van der Waals surface area contributed by atoms with Crippen LogP contribution in [-0.4, -0.2) is 28.5 Å². The van der Waals surface area contributed by atoms with E-state index in [2.05, 4.69) is 41.6 Å². The first-order valence-electron chi connectivity index (χ1n) is 8.33. The van der Waals surface area contributed by atoms with Crippen molar-refractivity contribution in [3.8, 4) is 11.5 Å². The SMILES string of the molecule is COc1cc(/C=N\Nc2nc(=O)[nH]nc2C)ccc1OCc1ccc(Br)cc1. The number of benzene rings is 2. The molecule has 1 aromatic heterocycles. The molecule has 0 spiro atoms. The van der Waals surface area contributed by atoms with E-state index in [9.17, 15) is 4.79 Å². The van der Waals surface area contributed by atoms with Crippen LogP contribution >= 0.6 is 15.9 Å². The van der Waals surface area contributed by atoms with Crippen molar-refractivity contribution in [1.82, 2.24) is 15.2 Å². The third-order valence-electron chi connectivity index (χ3n) is 3.75. The summed E-state index contributed by atoms with van der Waals surface area (Å²) in [5.41, 5.74) is 4.53. The van der Waals surface area contributed by atoms with Gasteiger partial charge in [-0.05, 0) is 48.4 Å². The molecule has 0 aliphatic rings. The van der Waals surface area contributed by atoms with Crippen molar-refractivity contribution in [3.63, 3.8) is 0 Å². The molecule has 9 heteroatoms. The molecule has 0 atom stereocenters. The zero-order chi connectivity index (χ0) is 19.9. The molecule has 0 aliphatic carbocycles. The summed E-state index contributed by atoms with van der Waals surface area (Å²) in [6.07, 6.45) is 1.59. The lowest BCUT2D eigenvalue weighted by molar-refractivity contribution is 0.284. The Kier molecular flexibility index (Phi) is 6.38. The molecule has 144 valence electrons. The Labute approximate surface area is 169 Å². The number of H-pyrrole nitrogens is 1. The lowest BCUT2D eigenvalue weighted by Gasteiger charge is -2.11. The summed E-state index contributed by atoms with van der Waals surface area (Å²) in [7, 11) is 1.58. The molecule has 2 N–H and O–H groups in total. The zero-order valence-electron chi connectivity index (χ0n) is 15.3. The van der Waals surface area contributed by atoms with Gasteiger partial charge in [0.1, 0.15) is 12.3 Å². The minimum Gasteiger partial charge on any atom is -0.493 e. The topological polar surface area (TPSA) is 101 Å². The molecule has 0 radical (unpaired) electrons. The van der Waals surface area contributed by atoms with Crippen LogP contribution in [0.4, 0.5) is 5.82 Å². The average molecular weight is 444 g/mol. The van der Waals surface area contributed by atoms with Gasteiger partial charge in [0.25, 0.3) is 0 Å². The van der Waals surface area contributed by atoms with Gasteiger partial charge in [-0.15, -0.1) is 0 Å². The fourth-order valence-electron chi connectivity index (χ4n) is 2.29. The van der Waals surface area contributed by atoms with Crippen LogP contribution in [0.25, 0.3) is 0 Å². The van der Waals surface area contributed by atoms with Gasteiger partial charge in [-0.1, -0.05) is 28.1 Å². The Morgan fingerprint density at radius 2 is 2.00 bits per heavy atom. The first-order chi connectivity index (χ1) is 13.5. The summed E-state index contributed by atoms with van der Waals surface area (Å²) in [6.45, 7) is 2.14. The molecule has 0 amide bonds. The van der Waals surface area contributed by atoms with Crippen molar-refractivity contribution in [2.75, 3.05) is 12.5 Å². The van der Waals surface area contributed by atoms with Gasteiger partial charge in [-0.2, -0.15) is 15.2 Å². The Balaban J connectivity index is 1.67. The molecule has 3 rings (SSSR count). The van der Waals surface area contributed by atoms with E-state index in [0.717, 1.165) is 15.6 Å². The van der Waals surface area contributed by atoms with E-state index in [1.807, 2.05) is 36.4 Å². The Morgan fingerprint density at radius 3 is 2.75 bits per heavy atom. The number of hydrazone groups is 1. The van der Waals surface area contributed by atoms with Gasteiger partial charge >= 0.3 is 5.69 Å². The molecule has 0 unspecified atom stereocenters. The zero-order valence-corrected chi connectivity index (χ0v) is 16.9. The van der Waals surface area contributed by atoms with Crippen LogP contribution in [0.2, 0.25) is 0 Å². The predicted octanol–water partition coefficient (Wildman–Crippen LogP) is 3.27. The van der Waals surface area contributed by atoms with Gasteiger partial charge in [0.15, 0.2) is 17.3 Å². The maximum Gasteiger partial charge on any atom is 0.363 e. The lowest BCUT2D eigenvalue weighted by Crippen LogP contribution is -2.15. The second-order valence-corrected chi connectivity index (χ2v) is 6.69. The standard InChI is InChI=1S/C19H18BrN5O3/c1-12-18(22-19(26)25-23-12)24-21-10-14-5-8-16(17(9-14)27-2)28-11-13-3-6-15(20)7-4-13/h3-10H,11H2,1-2H3,(H2,22,24,25,26)/b21-10-. The molecule has 8 nitrogen and oxygen atoms in total. The number of aromatic nitrogens is 3. The number of hydrogen-bond donors (Lipinski definition) is 2. The summed E-state index contributed by atoms with van der Waals surface area (Å²) in [5, 5.41) is 10.2. The fourth-order valence-corrected chi connectivity index (χ4v) is 2.56. The van der Waals surface area contributed by atoms with Crippen molar-refractivity contribution in [2.24, 2.45) is 5.10 Å². The van der Waals surface area contributed by atoms with Crippen LogP contribution in [0.1, 0.15) is 16.8 Å². The van der Waals surface area contributed by atoms with Crippen LogP contribution in [0.3, 0.4) is 0 Å². The molecule has 0 aliphatic heterocycles. The van der Waals surface area contributed by atoms with Crippen molar-refractivity contribution in [1.29, 1.82) is 0 Å². The predicted molar refractivity (Wildman–Crippen MR) is 110 cm³/mol. The van der Waals surface area contributed by atoms with Gasteiger partial charge in [-0.3, -0.25) is 5.43 Å². The molecule has 0 saturated carbocycles. The number of aromatic amines is 1. The summed E-state index contributed by atoms with van der Waals surface area (Å²) < 4.78 is 12.3. The molecular formula is C19H18BrN5O3. The molecule has 28 heavy (non-hydrogen) atoms. The molecule has 3 aromatic rings. The summed E-state index contributed by atoms with van der Waals surface area (Å²) in [4.78, 5) is 15.0. The van der Waals surface area contributed by atoms with Gasteiger partial charge in [0, 0.05) is 4.47 Å². The third kappa shape index (κ3) is 5.17. The lowest BCUT2D eigenvalue weighted by atomic mass is 10.2. The van der Waals surface area contributed by atoms with Gasteiger partial charge < -0.3 is 9.47 Å². The van der Waals surface area contributed by atoms with E-state index >= 15 is 0 Å². The minimum atomic E-state index is -0.544. The van der Waals surface area contributed by atoms with Crippen LogP contribution in [-0.2, 0) is 6.61 Å². The number of anilines is 1. The van der Waals surface area contributed by atoms with Gasteiger partial charge in [-0.25, -0.2) is 9.89 Å². The highest BCUT2D eigenvalue weighted by atomic mass is 79.9. The van der Waals surface area contributed by atoms with Crippen molar-refractivity contribution < 1.29 is 9.47 Å². The van der Waals surface area contributed by atoms with Gasteiger partial charge in [0.05, 0.1) is 13.3 Å². The van der Waals surface area contributed by atoms with Crippen molar-refractivity contribution in [2.45, 2.75) is 13.5 Å². The van der Waals surface area contributed by atoms with E-state index in [4.69, 9.17) is 9.47 Å². The third-order valence-corrected chi connectivity index (χ3v) is 4.28. The Hall–Kier alpha value is -3.20. The maximum atomic E-state index is 11.2. The molecule has 0 saturated heterocycles. The maximum absolute atomic E-state index is 11.2. The van der Waals surface area contributed by atoms with E-state index in [-0.39, 0.29) is 0 Å².